The minimum atomic E-state index is -4.44. The molecule has 0 bridgehead atoms. The second-order valence-corrected chi connectivity index (χ2v) is 9.32. The van der Waals surface area contributed by atoms with Gasteiger partial charge in [-0.3, -0.25) is 9.69 Å². The van der Waals surface area contributed by atoms with Crippen molar-refractivity contribution in [3.63, 3.8) is 0 Å². The smallest absolute Gasteiger partial charge is 0.416 e. The minimum Gasteiger partial charge on any atom is -0.497 e. The molecule has 2 heterocycles. The van der Waals surface area contributed by atoms with Crippen molar-refractivity contribution >= 4 is 5.91 Å². The van der Waals surface area contributed by atoms with E-state index in [-0.39, 0.29) is 23.9 Å². The number of benzene rings is 2. The lowest BCUT2D eigenvalue weighted by Gasteiger charge is -2.46. The van der Waals surface area contributed by atoms with Gasteiger partial charge in [-0.2, -0.15) is 13.2 Å². The number of hydrogen-bond donors (Lipinski definition) is 1. The van der Waals surface area contributed by atoms with Crippen molar-refractivity contribution in [2.24, 2.45) is 5.73 Å². The molecule has 0 radical (unpaired) electrons. The van der Waals surface area contributed by atoms with Gasteiger partial charge in [0.15, 0.2) is 0 Å². The molecule has 1 amide bonds. The molecule has 2 fully saturated rings. The fourth-order valence-corrected chi connectivity index (χ4v) is 5.15. The first-order valence-corrected chi connectivity index (χ1v) is 11.8. The van der Waals surface area contributed by atoms with E-state index in [4.69, 9.17) is 19.9 Å². The Morgan fingerprint density at radius 1 is 1.20 bits per heavy atom. The van der Waals surface area contributed by atoms with Gasteiger partial charge in [0.2, 0.25) is 5.91 Å². The fraction of sp³-hybridized carbons (Fsp3) is 0.500. The minimum absolute atomic E-state index is 0.00360. The predicted octanol–water partition coefficient (Wildman–Crippen LogP) is 4.37. The molecule has 0 aliphatic carbocycles. The average molecular weight is 493 g/mol. The van der Waals surface area contributed by atoms with Crippen LogP contribution in [0.4, 0.5) is 13.2 Å². The van der Waals surface area contributed by atoms with Crippen molar-refractivity contribution in [3.05, 3.63) is 59.7 Å². The molecule has 6 nitrogen and oxygen atoms in total. The van der Waals surface area contributed by atoms with Crippen molar-refractivity contribution in [3.8, 4) is 11.5 Å². The number of likely N-dealkylation sites (tertiary alicyclic amines) is 1. The molecule has 2 N–H and O–H groups in total. The van der Waals surface area contributed by atoms with E-state index in [9.17, 15) is 18.0 Å². The molecule has 2 saturated heterocycles. The summed E-state index contributed by atoms with van der Waals surface area (Å²) in [5.74, 6) is 0.504. The van der Waals surface area contributed by atoms with E-state index < -0.39 is 23.2 Å². The summed E-state index contributed by atoms with van der Waals surface area (Å²) in [6.45, 7) is 3.41. The predicted molar refractivity (Wildman–Crippen MR) is 124 cm³/mol. The molecule has 0 aromatic heterocycles. The number of halogens is 3. The van der Waals surface area contributed by atoms with Gasteiger partial charge in [0, 0.05) is 32.0 Å². The lowest BCUT2D eigenvalue weighted by molar-refractivity contribution is -0.142. The number of ether oxygens (including phenoxy) is 3. The largest absolute Gasteiger partial charge is 0.497 e. The van der Waals surface area contributed by atoms with Crippen LogP contribution in [0.3, 0.4) is 0 Å². The Morgan fingerprint density at radius 3 is 2.66 bits per heavy atom. The number of amides is 1. The molecule has 2 unspecified atom stereocenters. The third kappa shape index (κ3) is 5.41. The second kappa shape index (κ2) is 10.1. The van der Waals surface area contributed by atoms with Gasteiger partial charge in [0.25, 0.3) is 0 Å². The first kappa shape index (κ1) is 25.3. The normalized spacial score (nSPS) is 26.3. The summed E-state index contributed by atoms with van der Waals surface area (Å²) in [7, 11) is 1.62. The third-order valence-corrected chi connectivity index (χ3v) is 7.24. The average Bonchev–Trinajstić information content (AvgIpc) is 3.32. The quantitative estimate of drug-likeness (QED) is 0.621. The maximum Gasteiger partial charge on any atom is 0.416 e. The van der Waals surface area contributed by atoms with Crippen LogP contribution in [0.5, 0.6) is 11.5 Å². The molecular formula is C26H31F3N2O4. The monoisotopic (exact) mass is 492 g/mol. The van der Waals surface area contributed by atoms with Gasteiger partial charge in [-0.15, -0.1) is 0 Å². The van der Waals surface area contributed by atoms with Crippen molar-refractivity contribution < 1.29 is 32.2 Å². The molecule has 2 aliphatic rings. The zero-order valence-electron chi connectivity index (χ0n) is 19.9. The number of methoxy groups -OCH3 is 1. The Balaban J connectivity index is 1.48. The topological polar surface area (TPSA) is 74.0 Å². The van der Waals surface area contributed by atoms with Crippen molar-refractivity contribution in [1.29, 1.82) is 0 Å². The zero-order chi connectivity index (χ0) is 25.2. The van der Waals surface area contributed by atoms with Crippen LogP contribution in [0.25, 0.3) is 0 Å². The Morgan fingerprint density at radius 2 is 1.94 bits per heavy atom. The summed E-state index contributed by atoms with van der Waals surface area (Å²) in [5.41, 5.74) is 5.36. The van der Waals surface area contributed by atoms with E-state index in [1.807, 2.05) is 29.2 Å². The van der Waals surface area contributed by atoms with Crippen LogP contribution in [0, 0.1) is 0 Å². The number of nitrogens with zero attached hydrogens (tertiary/aromatic N) is 1. The summed E-state index contributed by atoms with van der Waals surface area (Å²) in [6.07, 6.45) is -3.54. The molecule has 2 aromatic rings. The van der Waals surface area contributed by atoms with Gasteiger partial charge in [0.1, 0.15) is 23.1 Å². The van der Waals surface area contributed by atoms with E-state index in [0.29, 0.717) is 39.0 Å². The second-order valence-electron chi connectivity index (χ2n) is 9.32. The number of carbonyl (C=O) groups is 1. The number of nitrogens with two attached hydrogens (primary N) is 1. The number of alkyl halides is 3. The van der Waals surface area contributed by atoms with Crippen LogP contribution in [0.1, 0.15) is 43.2 Å². The van der Waals surface area contributed by atoms with Crippen LogP contribution in [-0.2, 0) is 15.7 Å². The van der Waals surface area contributed by atoms with Crippen molar-refractivity contribution in [2.45, 2.75) is 56.0 Å². The first-order chi connectivity index (χ1) is 16.6. The van der Waals surface area contributed by atoms with Gasteiger partial charge < -0.3 is 19.9 Å². The fourth-order valence-electron chi connectivity index (χ4n) is 5.15. The summed E-state index contributed by atoms with van der Waals surface area (Å²) >= 11 is 0. The summed E-state index contributed by atoms with van der Waals surface area (Å²) < 4.78 is 56.5. The standard InChI is InChI=1S/C26H31F3N2O4/c1-17(18-5-3-7-20(13-18)33-2)23-15-25(24(30)32,10-12-34-23)31-11-9-22(16-31)35-21-8-4-6-19(14-21)26(27,28)29/h3-8,13-14,17,22-23H,9-12,15-16H2,1-2H3,(H2,30,32)/t17-,22+,23?,25?/m0/s1. The van der Waals surface area contributed by atoms with E-state index in [2.05, 4.69) is 6.92 Å². The maximum absolute atomic E-state index is 13.1. The molecule has 0 saturated carbocycles. The molecule has 190 valence electrons. The van der Waals surface area contributed by atoms with Crippen LogP contribution in [0.2, 0.25) is 0 Å². The van der Waals surface area contributed by atoms with Gasteiger partial charge in [-0.05, 0) is 48.7 Å². The molecule has 2 aromatic carbocycles. The van der Waals surface area contributed by atoms with E-state index >= 15 is 0 Å². The molecule has 4 atom stereocenters. The summed E-state index contributed by atoms with van der Waals surface area (Å²) in [4.78, 5) is 14.9. The lowest BCUT2D eigenvalue weighted by atomic mass is 9.79. The first-order valence-electron chi connectivity index (χ1n) is 11.8. The van der Waals surface area contributed by atoms with Crippen LogP contribution in [-0.4, -0.2) is 55.4 Å². The van der Waals surface area contributed by atoms with Crippen molar-refractivity contribution in [1.82, 2.24) is 4.90 Å². The number of hydrogen-bond acceptors (Lipinski definition) is 5. The Labute approximate surface area is 203 Å². The molecular weight excluding hydrogens is 461 g/mol. The van der Waals surface area contributed by atoms with E-state index in [1.165, 1.54) is 12.1 Å². The maximum atomic E-state index is 13.1. The summed E-state index contributed by atoms with van der Waals surface area (Å²) in [6, 6.07) is 12.6. The Kier molecular flexibility index (Phi) is 7.28. The highest BCUT2D eigenvalue weighted by Gasteiger charge is 2.50. The molecule has 35 heavy (non-hydrogen) atoms. The Bertz CT molecular complexity index is 1050. The van der Waals surface area contributed by atoms with E-state index in [0.717, 1.165) is 23.4 Å². The van der Waals surface area contributed by atoms with E-state index in [1.54, 1.807) is 7.11 Å². The third-order valence-electron chi connectivity index (χ3n) is 7.24. The zero-order valence-corrected chi connectivity index (χ0v) is 19.9. The molecule has 2 aliphatic heterocycles. The molecule has 0 spiro atoms. The SMILES string of the molecule is COc1cccc([C@H](C)C2CC(C(N)=O)(N3CC[C@@H](Oc4cccc(C(F)(F)F)c4)C3)CCO2)c1. The van der Waals surface area contributed by atoms with Gasteiger partial charge in [-0.25, -0.2) is 0 Å². The molecule has 4 rings (SSSR count). The van der Waals surface area contributed by atoms with Crippen molar-refractivity contribution in [2.75, 3.05) is 26.8 Å². The summed E-state index contributed by atoms with van der Waals surface area (Å²) in [5, 5.41) is 0. The highest BCUT2D eigenvalue weighted by Crippen LogP contribution is 2.39. The Hall–Kier alpha value is -2.78. The highest BCUT2D eigenvalue weighted by molar-refractivity contribution is 5.85. The highest BCUT2D eigenvalue weighted by atomic mass is 19.4. The van der Waals surface area contributed by atoms with Gasteiger partial charge in [0.05, 0.1) is 18.8 Å². The van der Waals surface area contributed by atoms with Crippen LogP contribution < -0.4 is 15.2 Å². The van der Waals surface area contributed by atoms with Crippen LogP contribution in [0.15, 0.2) is 48.5 Å². The number of rotatable bonds is 7. The molecule has 9 heteroatoms. The van der Waals surface area contributed by atoms with Crippen LogP contribution >= 0.6 is 0 Å². The number of carbonyl (C=O) groups excluding carboxylic acids is 1. The van der Waals surface area contributed by atoms with Gasteiger partial charge in [-0.1, -0.05) is 25.1 Å². The number of primary amides is 1. The van der Waals surface area contributed by atoms with Gasteiger partial charge >= 0.3 is 6.18 Å². The lowest BCUT2D eigenvalue weighted by Crippen LogP contribution is -2.61.